The second kappa shape index (κ2) is 5.00. The maximum absolute atomic E-state index is 13.2. The summed E-state index contributed by atoms with van der Waals surface area (Å²) >= 11 is 0. The molecule has 3 aliphatic rings. The van der Waals surface area contributed by atoms with E-state index in [4.69, 9.17) is 4.74 Å². The summed E-state index contributed by atoms with van der Waals surface area (Å²) in [5, 5.41) is 29.2. The Hall–Kier alpha value is -1.58. The Bertz CT molecular complexity index is 507. The first kappa shape index (κ1) is 14.4. The minimum absolute atomic E-state index is 0.154. The molecule has 0 amide bonds. The van der Waals surface area contributed by atoms with Gasteiger partial charge in [-0.25, -0.2) is 14.4 Å². The summed E-state index contributed by atoms with van der Waals surface area (Å²) in [6.07, 6.45) is 0.271. The van der Waals surface area contributed by atoms with Crippen LogP contribution in [0.4, 0.5) is 4.39 Å². The maximum Gasteiger partial charge on any atom is 0.216 e. The fourth-order valence-corrected chi connectivity index (χ4v) is 2.94. The topological polar surface area (TPSA) is 110 Å². The Kier molecular flexibility index (Phi) is 3.42. The maximum atomic E-state index is 13.2. The van der Waals surface area contributed by atoms with E-state index in [1.54, 1.807) is 11.8 Å². The van der Waals surface area contributed by atoms with Gasteiger partial charge in [0.2, 0.25) is 5.90 Å². The van der Waals surface area contributed by atoms with Crippen LogP contribution in [0, 0.1) is 5.92 Å². The minimum Gasteiger partial charge on any atom is -0.495 e. The zero-order valence-electron chi connectivity index (χ0n) is 11.4. The van der Waals surface area contributed by atoms with Crippen molar-refractivity contribution in [2.24, 2.45) is 20.9 Å². The molecule has 21 heavy (non-hydrogen) atoms. The number of hydrogen-bond acceptors (Lipinski definition) is 7. The van der Waals surface area contributed by atoms with Crippen LogP contribution in [-0.2, 0) is 4.74 Å². The van der Waals surface area contributed by atoms with Gasteiger partial charge in [0.25, 0.3) is 0 Å². The Morgan fingerprint density at radius 1 is 1.48 bits per heavy atom. The largest absolute Gasteiger partial charge is 0.495 e. The molecule has 0 spiro atoms. The van der Waals surface area contributed by atoms with E-state index in [0.717, 1.165) is 0 Å². The zero-order chi connectivity index (χ0) is 15.2. The third-order valence-electron chi connectivity index (χ3n) is 4.25. The lowest BCUT2D eigenvalue weighted by Gasteiger charge is -2.32. The lowest BCUT2D eigenvalue weighted by molar-refractivity contribution is -0.146. The van der Waals surface area contributed by atoms with Crippen LogP contribution in [0.15, 0.2) is 15.0 Å². The van der Waals surface area contributed by atoms with Crippen LogP contribution in [0.5, 0.6) is 0 Å². The summed E-state index contributed by atoms with van der Waals surface area (Å²) in [6.45, 7) is 0.0746. The van der Waals surface area contributed by atoms with Crippen LogP contribution in [0.25, 0.3) is 0 Å². The van der Waals surface area contributed by atoms with Crippen molar-refractivity contribution in [1.29, 1.82) is 0 Å². The number of fused-ring (bicyclic) bond motifs is 1. The van der Waals surface area contributed by atoms with Crippen LogP contribution in [0.2, 0.25) is 0 Å². The molecule has 0 radical (unpaired) electrons. The molecule has 2 unspecified atom stereocenters. The van der Waals surface area contributed by atoms with Gasteiger partial charge in [-0.3, -0.25) is 4.99 Å². The molecule has 0 saturated carbocycles. The van der Waals surface area contributed by atoms with Crippen molar-refractivity contribution in [2.75, 3.05) is 13.3 Å². The number of hydrogen-bond donors (Lipinski definition) is 3. The van der Waals surface area contributed by atoms with Gasteiger partial charge < -0.3 is 25.0 Å². The molecule has 1 fully saturated rings. The van der Waals surface area contributed by atoms with E-state index in [2.05, 4.69) is 15.0 Å². The van der Waals surface area contributed by atoms with Crippen LogP contribution in [0.3, 0.4) is 0 Å². The van der Waals surface area contributed by atoms with E-state index < -0.39 is 49.3 Å². The Morgan fingerprint density at radius 2 is 2.24 bits per heavy atom. The van der Waals surface area contributed by atoms with Gasteiger partial charge in [-0.05, 0) is 0 Å². The van der Waals surface area contributed by atoms with Crippen LogP contribution in [-0.4, -0.2) is 82.2 Å². The van der Waals surface area contributed by atoms with Crippen molar-refractivity contribution in [1.82, 2.24) is 4.90 Å². The number of rotatable bonds is 3. The summed E-state index contributed by atoms with van der Waals surface area (Å²) in [7, 11) is 0. The molecule has 3 rings (SSSR count). The van der Waals surface area contributed by atoms with Crippen LogP contribution < -0.4 is 0 Å². The molecule has 1 saturated heterocycles. The van der Waals surface area contributed by atoms with Gasteiger partial charge in [0.15, 0.2) is 12.2 Å². The summed E-state index contributed by atoms with van der Waals surface area (Å²) in [5.74, 6) is -0.617. The van der Waals surface area contributed by atoms with Gasteiger partial charge in [-0.15, -0.1) is 0 Å². The van der Waals surface area contributed by atoms with E-state index in [1.165, 1.54) is 12.7 Å². The second-order valence-electron chi connectivity index (χ2n) is 5.49. The number of aliphatic hydroxyl groups is 3. The fraction of sp³-hybridized carbons (Fsp3) is 0.750. The van der Waals surface area contributed by atoms with Crippen LogP contribution in [0.1, 0.15) is 6.92 Å². The Balaban J connectivity index is 1.84. The molecule has 0 aromatic heterocycles. The van der Waals surface area contributed by atoms with Crippen molar-refractivity contribution in [3.63, 3.8) is 0 Å². The monoisotopic (exact) mass is 300 g/mol. The predicted molar refractivity (Wildman–Crippen MR) is 72.3 cm³/mol. The van der Waals surface area contributed by atoms with E-state index in [0.29, 0.717) is 0 Å². The van der Waals surface area contributed by atoms with E-state index in [-0.39, 0.29) is 5.90 Å². The molecule has 0 bridgehead atoms. The zero-order valence-corrected chi connectivity index (χ0v) is 11.4. The molecular formula is C12H17FN4O4. The summed E-state index contributed by atoms with van der Waals surface area (Å²) in [4.78, 5) is 13.5. The van der Waals surface area contributed by atoms with Crippen LogP contribution >= 0.6 is 0 Å². The second-order valence-corrected chi connectivity index (χ2v) is 5.49. The summed E-state index contributed by atoms with van der Waals surface area (Å²) in [6, 6.07) is -0.627. The summed E-state index contributed by atoms with van der Waals surface area (Å²) in [5.41, 5.74) is -1.63. The molecule has 9 heteroatoms. The lowest BCUT2D eigenvalue weighted by atomic mass is 9.92. The average molecular weight is 300 g/mol. The number of ether oxygens (including phenoxy) is 1. The fourth-order valence-electron chi connectivity index (χ4n) is 2.94. The molecule has 0 aliphatic carbocycles. The van der Waals surface area contributed by atoms with Gasteiger partial charge in [-0.1, -0.05) is 6.92 Å². The Labute approximate surface area is 120 Å². The number of nitrogens with zero attached hydrogens (tertiary/aromatic N) is 4. The third-order valence-corrected chi connectivity index (χ3v) is 4.25. The highest BCUT2D eigenvalue weighted by atomic mass is 19.1. The highest BCUT2D eigenvalue weighted by molar-refractivity contribution is 5.92. The number of aliphatic hydroxyl groups excluding tert-OH is 3. The van der Waals surface area contributed by atoms with Gasteiger partial charge in [0.05, 0.1) is 19.0 Å². The number of alkyl halides is 1. The Morgan fingerprint density at radius 3 is 2.86 bits per heavy atom. The van der Waals surface area contributed by atoms with Crippen molar-refractivity contribution in [3.05, 3.63) is 0 Å². The van der Waals surface area contributed by atoms with Gasteiger partial charge in [0, 0.05) is 5.92 Å². The number of aliphatic imine (C=N–C) groups is 3. The molecule has 6 atom stereocenters. The van der Waals surface area contributed by atoms with Gasteiger partial charge >= 0.3 is 0 Å². The predicted octanol–water partition coefficient (Wildman–Crippen LogP) is -0.923. The van der Waals surface area contributed by atoms with Crippen molar-refractivity contribution in [3.8, 4) is 0 Å². The highest BCUT2D eigenvalue weighted by Gasteiger charge is 2.56. The van der Waals surface area contributed by atoms with Crippen molar-refractivity contribution >= 4 is 18.6 Å². The molecule has 116 valence electrons. The smallest absolute Gasteiger partial charge is 0.216 e. The molecule has 3 heterocycles. The highest BCUT2D eigenvalue weighted by Crippen LogP contribution is 2.39. The summed E-state index contributed by atoms with van der Waals surface area (Å²) < 4.78 is 18.9. The lowest BCUT2D eigenvalue weighted by Crippen LogP contribution is -2.48. The SMILES string of the molecule is C[C@@H]1[C@H](N2C=NC3C(O)=NC=NC32)O[C@@](CO)(CF)[C@H]1O. The van der Waals surface area contributed by atoms with Gasteiger partial charge in [-0.2, -0.15) is 0 Å². The average Bonchev–Trinajstić information content (AvgIpc) is 3.02. The normalized spacial score (nSPS) is 45.0. The quantitative estimate of drug-likeness (QED) is 0.624. The molecule has 0 aromatic carbocycles. The molecule has 3 N–H and O–H groups in total. The van der Waals surface area contributed by atoms with Crippen molar-refractivity contribution in [2.45, 2.75) is 37.1 Å². The molecule has 8 nitrogen and oxygen atoms in total. The number of halogens is 1. The standard InChI is InChI=1S/C12H17FN4O4/c1-6-8(19)12(2-13,3-18)21-11(6)17-5-16-7-9(17)14-4-15-10(7)20/h4-9,11,18-19H,2-3H2,1H3,(H,14,15,20)/t6-,7?,8-,9?,11+,12+/m0/s1. The molecule has 0 aromatic rings. The molecular weight excluding hydrogens is 283 g/mol. The van der Waals surface area contributed by atoms with Crippen molar-refractivity contribution < 1.29 is 24.4 Å². The van der Waals surface area contributed by atoms with E-state index in [9.17, 15) is 19.7 Å². The molecule has 3 aliphatic heterocycles. The first-order valence-corrected chi connectivity index (χ1v) is 6.66. The first-order valence-electron chi connectivity index (χ1n) is 6.66. The van der Waals surface area contributed by atoms with E-state index >= 15 is 0 Å². The minimum atomic E-state index is -1.63. The first-order chi connectivity index (χ1) is 10.0. The van der Waals surface area contributed by atoms with Gasteiger partial charge in [0.1, 0.15) is 24.8 Å². The third kappa shape index (κ3) is 1.95. The van der Waals surface area contributed by atoms with E-state index in [1.807, 2.05) is 0 Å².